The molecule has 0 N–H and O–H groups in total. The van der Waals surface area contributed by atoms with Crippen molar-refractivity contribution in [1.29, 1.82) is 0 Å². The first-order valence-corrected chi connectivity index (χ1v) is 20.1. The first-order chi connectivity index (χ1) is 24.6. The Kier molecular flexibility index (Phi) is 6.24. The summed E-state index contributed by atoms with van der Waals surface area (Å²) in [6.07, 6.45) is 0. The largest absolute Gasteiger partial charge is 0.147 e. The molecule has 0 atom stereocenters. The Hall–Kier alpha value is -4.32. The van der Waals surface area contributed by atoms with Crippen molar-refractivity contribution in [2.45, 2.75) is 10.8 Å². The molecule has 0 unspecified atom stereocenters. The highest BCUT2D eigenvalue weighted by Gasteiger charge is 2.56. The fraction of sp³-hybridized carbons (Fsp3) is 0.0435. The maximum absolute atomic E-state index is 3.92. The normalized spacial score (nSPS) is 14.9. The second-order valence-electron chi connectivity index (χ2n) is 13.4. The quantitative estimate of drug-likeness (QED) is 0.167. The van der Waals surface area contributed by atoms with Crippen molar-refractivity contribution in [3.05, 3.63) is 208 Å². The van der Waals surface area contributed by atoms with Crippen molar-refractivity contribution in [3.8, 4) is 44.5 Å². The zero-order chi connectivity index (χ0) is 33.2. The van der Waals surface area contributed by atoms with Crippen molar-refractivity contribution in [2.75, 3.05) is 0 Å². The molecular weight excluding hydrogens is 776 g/mol. The summed E-state index contributed by atoms with van der Waals surface area (Å²) < 4.78 is 2.18. The van der Waals surface area contributed by atoms with E-state index in [0.29, 0.717) is 0 Å². The molecule has 236 valence electrons. The highest BCUT2D eigenvalue weighted by Crippen LogP contribution is 2.68. The molecule has 2 aromatic heterocycles. The topological polar surface area (TPSA) is 0 Å². The van der Waals surface area contributed by atoms with Crippen LogP contribution in [0.25, 0.3) is 44.5 Å². The Bertz CT molecular complexity index is 2600. The van der Waals surface area contributed by atoms with Crippen LogP contribution in [0.3, 0.4) is 0 Å². The molecule has 0 saturated carbocycles. The van der Waals surface area contributed by atoms with Crippen LogP contribution in [0.1, 0.15) is 42.4 Å². The first kappa shape index (κ1) is 29.4. The fourth-order valence-corrected chi connectivity index (χ4v) is 12.9. The highest BCUT2D eigenvalue weighted by atomic mass is 79.9. The maximum Gasteiger partial charge on any atom is 0.0906 e. The van der Waals surface area contributed by atoms with Crippen molar-refractivity contribution < 1.29 is 0 Å². The van der Waals surface area contributed by atoms with Gasteiger partial charge in [0.1, 0.15) is 0 Å². The van der Waals surface area contributed by atoms with E-state index < -0.39 is 5.41 Å². The van der Waals surface area contributed by atoms with Crippen LogP contribution in [0, 0.1) is 0 Å². The molecule has 0 aliphatic heterocycles. The second kappa shape index (κ2) is 10.6. The molecule has 3 aliphatic rings. The summed E-state index contributed by atoms with van der Waals surface area (Å²) in [4.78, 5) is 4.13. The molecule has 0 nitrogen and oxygen atoms in total. The van der Waals surface area contributed by atoms with E-state index in [1.165, 1.54) is 87.0 Å². The third kappa shape index (κ3) is 3.60. The molecule has 8 aromatic rings. The van der Waals surface area contributed by atoms with Crippen LogP contribution in [0.2, 0.25) is 0 Å². The lowest BCUT2D eigenvalue weighted by molar-refractivity contribution is 0.804. The summed E-state index contributed by atoms with van der Waals surface area (Å²) >= 11 is 11.7. The number of halogens is 2. The predicted octanol–water partition coefficient (Wildman–Crippen LogP) is 13.7. The zero-order valence-corrected chi connectivity index (χ0v) is 31.4. The summed E-state index contributed by atoms with van der Waals surface area (Å²) in [7, 11) is 0. The van der Waals surface area contributed by atoms with Gasteiger partial charge in [0, 0.05) is 23.6 Å². The van der Waals surface area contributed by atoms with E-state index in [0.717, 1.165) is 8.95 Å². The lowest BCUT2D eigenvalue weighted by Crippen LogP contribution is -2.28. The molecular formula is C46H26Br2S2. The molecule has 0 amide bonds. The summed E-state index contributed by atoms with van der Waals surface area (Å²) in [5.41, 5.74) is 16.4. The fourth-order valence-electron chi connectivity index (χ4n) is 9.33. The van der Waals surface area contributed by atoms with Gasteiger partial charge in [0.2, 0.25) is 0 Å². The lowest BCUT2D eigenvalue weighted by Gasteiger charge is -2.33. The van der Waals surface area contributed by atoms with Crippen molar-refractivity contribution in [3.63, 3.8) is 0 Å². The van der Waals surface area contributed by atoms with Gasteiger partial charge in [-0.15, -0.1) is 22.7 Å². The number of rotatable bonds is 3. The third-order valence-corrected chi connectivity index (χ3v) is 14.6. The van der Waals surface area contributed by atoms with E-state index in [2.05, 4.69) is 189 Å². The number of hydrogen-bond acceptors (Lipinski definition) is 2. The number of fused-ring (bicyclic) bond motifs is 13. The van der Waals surface area contributed by atoms with Crippen molar-refractivity contribution >= 4 is 54.5 Å². The van der Waals surface area contributed by atoms with Gasteiger partial charge in [-0.3, -0.25) is 0 Å². The second-order valence-corrected chi connectivity index (χ2v) is 17.2. The minimum atomic E-state index is -0.527. The van der Waals surface area contributed by atoms with E-state index in [1.54, 1.807) is 0 Å². The maximum atomic E-state index is 3.92. The Labute approximate surface area is 316 Å². The van der Waals surface area contributed by atoms with Crippen LogP contribution in [0.4, 0.5) is 0 Å². The van der Waals surface area contributed by atoms with Crippen LogP contribution < -0.4 is 0 Å². The molecule has 2 heterocycles. The smallest absolute Gasteiger partial charge is 0.0906 e. The van der Waals surface area contributed by atoms with Crippen LogP contribution >= 0.6 is 54.5 Å². The predicted molar refractivity (Wildman–Crippen MR) is 217 cm³/mol. The van der Waals surface area contributed by atoms with Gasteiger partial charge in [-0.2, -0.15) is 0 Å². The van der Waals surface area contributed by atoms with Crippen LogP contribution in [0.5, 0.6) is 0 Å². The minimum absolute atomic E-state index is 0.375. The van der Waals surface area contributed by atoms with E-state index in [4.69, 9.17) is 0 Å². The van der Waals surface area contributed by atoms with Gasteiger partial charge in [0.15, 0.2) is 0 Å². The SMILES string of the molecule is Brc1ccc2c(c1)C(c1cc3c(s1)C1(c4ccccc4-c4ccccc41)c1ccccc1-3)(c1sccc1-c1ccccc1)c1cc(Br)ccc1-2. The van der Waals surface area contributed by atoms with Gasteiger partial charge >= 0.3 is 0 Å². The van der Waals surface area contributed by atoms with Crippen LogP contribution in [-0.4, -0.2) is 0 Å². The molecule has 0 saturated heterocycles. The molecule has 4 heteroatoms. The van der Waals surface area contributed by atoms with Gasteiger partial charge in [-0.05, 0) is 114 Å². The molecule has 6 aromatic carbocycles. The average molecular weight is 803 g/mol. The van der Waals surface area contributed by atoms with E-state index in [9.17, 15) is 0 Å². The Morgan fingerprint density at radius 1 is 0.380 bits per heavy atom. The molecule has 11 rings (SSSR count). The molecule has 0 radical (unpaired) electrons. The zero-order valence-electron chi connectivity index (χ0n) is 26.6. The molecule has 0 bridgehead atoms. The van der Waals surface area contributed by atoms with Gasteiger partial charge in [0.05, 0.1) is 10.8 Å². The summed E-state index contributed by atoms with van der Waals surface area (Å²) in [5.74, 6) is 0. The summed E-state index contributed by atoms with van der Waals surface area (Å²) in [5, 5.41) is 2.29. The van der Waals surface area contributed by atoms with Crippen LogP contribution in [-0.2, 0) is 10.8 Å². The number of hydrogen-bond donors (Lipinski definition) is 0. The highest BCUT2D eigenvalue weighted by molar-refractivity contribution is 9.10. The standard InChI is InChI=1S/C46H26Br2S2/c47-28-18-20-34-35-21-19-29(48)25-41(35)46(40(34)24-28,43-30(22-23-49-43)27-10-2-1-3-11-27)42-26-36-33-14-6-9-17-39(33)45(44(36)50-42)37-15-7-4-12-31(37)32-13-5-8-16-38(32)45/h1-26H. The van der Waals surface area contributed by atoms with Gasteiger partial charge in [0.25, 0.3) is 0 Å². The van der Waals surface area contributed by atoms with Gasteiger partial charge < -0.3 is 0 Å². The van der Waals surface area contributed by atoms with Gasteiger partial charge in [-0.1, -0.05) is 147 Å². The minimum Gasteiger partial charge on any atom is -0.147 e. The van der Waals surface area contributed by atoms with E-state index in [1.807, 2.05) is 22.7 Å². The molecule has 1 spiro atoms. The van der Waals surface area contributed by atoms with Crippen molar-refractivity contribution in [2.24, 2.45) is 0 Å². The van der Waals surface area contributed by atoms with E-state index >= 15 is 0 Å². The average Bonchev–Trinajstić information content (AvgIpc) is 3.97. The Morgan fingerprint density at radius 2 is 0.880 bits per heavy atom. The Morgan fingerprint density at radius 3 is 1.46 bits per heavy atom. The van der Waals surface area contributed by atoms with E-state index in [-0.39, 0.29) is 5.41 Å². The van der Waals surface area contributed by atoms with Crippen LogP contribution in [0.15, 0.2) is 166 Å². The third-order valence-electron chi connectivity index (χ3n) is 11.2. The lowest BCUT2D eigenvalue weighted by atomic mass is 9.73. The van der Waals surface area contributed by atoms with Gasteiger partial charge in [-0.25, -0.2) is 0 Å². The molecule has 3 aliphatic carbocycles. The number of benzene rings is 6. The summed E-state index contributed by atoms with van der Waals surface area (Å²) in [6, 6.07) is 56.9. The van der Waals surface area contributed by atoms with Crippen molar-refractivity contribution in [1.82, 2.24) is 0 Å². The molecule has 0 fully saturated rings. The number of thiophene rings is 2. The monoisotopic (exact) mass is 800 g/mol. The first-order valence-electron chi connectivity index (χ1n) is 16.8. The summed E-state index contributed by atoms with van der Waals surface area (Å²) in [6.45, 7) is 0. The Balaban J connectivity index is 1.30. The molecule has 50 heavy (non-hydrogen) atoms.